The van der Waals surface area contributed by atoms with Crippen LogP contribution in [0.4, 0.5) is 0 Å². The lowest BCUT2D eigenvalue weighted by Crippen LogP contribution is -2.26. The molecule has 11 heavy (non-hydrogen) atoms. The van der Waals surface area contributed by atoms with Crippen LogP contribution in [0.25, 0.3) is 0 Å². The van der Waals surface area contributed by atoms with Crippen LogP contribution in [0, 0.1) is 5.92 Å². The van der Waals surface area contributed by atoms with Gasteiger partial charge >= 0.3 is 0 Å². The SMILES string of the molecule is C=NCCC1CCC(N)CC1. The van der Waals surface area contributed by atoms with Crippen LogP contribution in [0.5, 0.6) is 0 Å². The normalized spacial score (nSPS) is 31.7. The van der Waals surface area contributed by atoms with Gasteiger partial charge in [-0.15, -0.1) is 0 Å². The molecule has 1 rings (SSSR count). The van der Waals surface area contributed by atoms with Gasteiger partial charge in [0.05, 0.1) is 0 Å². The second-order valence-electron chi connectivity index (χ2n) is 3.52. The molecule has 0 atom stereocenters. The minimum atomic E-state index is 0.475. The first-order valence-electron chi connectivity index (χ1n) is 4.51. The summed E-state index contributed by atoms with van der Waals surface area (Å²) in [6, 6.07) is 0.475. The van der Waals surface area contributed by atoms with Crippen molar-refractivity contribution in [1.82, 2.24) is 0 Å². The molecule has 0 aromatic rings. The minimum absolute atomic E-state index is 0.475. The Balaban J connectivity index is 2.12. The fraction of sp³-hybridized carbons (Fsp3) is 0.889. The van der Waals surface area contributed by atoms with E-state index in [4.69, 9.17) is 5.73 Å². The van der Waals surface area contributed by atoms with Crippen LogP contribution in [0.15, 0.2) is 4.99 Å². The molecule has 0 aliphatic heterocycles. The predicted octanol–water partition coefficient (Wildman–Crippen LogP) is 1.59. The van der Waals surface area contributed by atoms with Gasteiger partial charge in [-0.05, 0) is 44.7 Å². The van der Waals surface area contributed by atoms with E-state index in [9.17, 15) is 0 Å². The van der Waals surface area contributed by atoms with Gasteiger partial charge in [-0.3, -0.25) is 0 Å². The van der Waals surface area contributed by atoms with Gasteiger partial charge in [0.15, 0.2) is 0 Å². The average molecular weight is 154 g/mol. The third-order valence-electron chi connectivity index (χ3n) is 2.59. The van der Waals surface area contributed by atoms with E-state index in [1.165, 1.54) is 32.1 Å². The number of rotatable bonds is 3. The molecule has 0 aromatic heterocycles. The highest BCUT2D eigenvalue weighted by molar-refractivity contribution is 5.23. The summed E-state index contributed by atoms with van der Waals surface area (Å²) < 4.78 is 0. The molecule has 0 heterocycles. The van der Waals surface area contributed by atoms with Gasteiger partial charge in [0.1, 0.15) is 0 Å². The summed E-state index contributed by atoms with van der Waals surface area (Å²) in [6.45, 7) is 4.42. The Morgan fingerprint density at radius 1 is 1.27 bits per heavy atom. The van der Waals surface area contributed by atoms with Gasteiger partial charge in [-0.25, -0.2) is 0 Å². The monoisotopic (exact) mass is 154 g/mol. The second kappa shape index (κ2) is 4.50. The van der Waals surface area contributed by atoms with Gasteiger partial charge in [-0.1, -0.05) is 0 Å². The third kappa shape index (κ3) is 3.02. The van der Waals surface area contributed by atoms with E-state index in [1.807, 2.05) is 0 Å². The number of nitrogens with two attached hydrogens (primary N) is 1. The van der Waals surface area contributed by atoms with Crippen molar-refractivity contribution in [2.75, 3.05) is 6.54 Å². The van der Waals surface area contributed by atoms with Crippen LogP contribution in [0.2, 0.25) is 0 Å². The van der Waals surface area contributed by atoms with Crippen molar-refractivity contribution in [3.05, 3.63) is 0 Å². The second-order valence-corrected chi connectivity index (χ2v) is 3.52. The third-order valence-corrected chi connectivity index (χ3v) is 2.59. The summed E-state index contributed by atoms with van der Waals surface area (Å²) in [7, 11) is 0. The molecule has 0 amide bonds. The molecule has 0 spiro atoms. The average Bonchev–Trinajstić information content (AvgIpc) is 2.04. The van der Waals surface area contributed by atoms with Crippen molar-refractivity contribution >= 4 is 6.72 Å². The van der Waals surface area contributed by atoms with Crippen LogP contribution in [-0.2, 0) is 0 Å². The zero-order valence-corrected chi connectivity index (χ0v) is 7.13. The molecule has 1 aliphatic carbocycles. The summed E-state index contributed by atoms with van der Waals surface area (Å²) in [4.78, 5) is 3.87. The number of aliphatic imine (C=N–C) groups is 1. The first-order valence-corrected chi connectivity index (χ1v) is 4.51. The number of nitrogens with zero attached hydrogens (tertiary/aromatic N) is 1. The Kier molecular flexibility index (Phi) is 3.57. The van der Waals surface area contributed by atoms with Crippen LogP contribution >= 0.6 is 0 Å². The molecular formula is C9H18N2. The Morgan fingerprint density at radius 2 is 1.91 bits per heavy atom. The highest BCUT2D eigenvalue weighted by atomic mass is 14.7. The summed E-state index contributed by atoms with van der Waals surface area (Å²) >= 11 is 0. The van der Waals surface area contributed by atoms with Gasteiger partial charge in [0, 0.05) is 12.6 Å². The van der Waals surface area contributed by atoms with Gasteiger partial charge in [0.2, 0.25) is 0 Å². The van der Waals surface area contributed by atoms with E-state index >= 15 is 0 Å². The van der Waals surface area contributed by atoms with Crippen molar-refractivity contribution in [3.63, 3.8) is 0 Å². The van der Waals surface area contributed by atoms with E-state index in [0.717, 1.165) is 12.5 Å². The maximum absolute atomic E-state index is 5.79. The molecule has 0 bridgehead atoms. The first kappa shape index (κ1) is 8.72. The van der Waals surface area contributed by atoms with Crippen LogP contribution < -0.4 is 5.73 Å². The molecule has 0 radical (unpaired) electrons. The lowest BCUT2D eigenvalue weighted by molar-refractivity contribution is 0.314. The van der Waals surface area contributed by atoms with Crippen LogP contribution in [0.3, 0.4) is 0 Å². The molecule has 0 saturated heterocycles. The van der Waals surface area contributed by atoms with E-state index in [1.54, 1.807) is 0 Å². The molecule has 1 saturated carbocycles. The fourth-order valence-electron chi connectivity index (χ4n) is 1.75. The maximum Gasteiger partial charge on any atom is 0.0384 e. The predicted molar refractivity (Wildman–Crippen MR) is 49.0 cm³/mol. The molecular weight excluding hydrogens is 136 g/mol. The molecule has 64 valence electrons. The van der Waals surface area contributed by atoms with Crippen molar-refractivity contribution < 1.29 is 0 Å². The van der Waals surface area contributed by atoms with Gasteiger partial charge in [-0.2, -0.15) is 0 Å². The van der Waals surface area contributed by atoms with Gasteiger partial charge in [0.25, 0.3) is 0 Å². The molecule has 0 aromatic carbocycles. The summed E-state index contributed by atoms with van der Waals surface area (Å²) in [5.74, 6) is 0.875. The number of hydrogen-bond acceptors (Lipinski definition) is 2. The smallest absolute Gasteiger partial charge is 0.0384 e. The van der Waals surface area contributed by atoms with E-state index < -0.39 is 0 Å². The summed E-state index contributed by atoms with van der Waals surface area (Å²) in [6.07, 6.45) is 6.24. The molecule has 1 aliphatic rings. The Bertz CT molecular complexity index is 115. The fourth-order valence-corrected chi connectivity index (χ4v) is 1.75. The minimum Gasteiger partial charge on any atom is -0.328 e. The first-order chi connectivity index (χ1) is 5.33. The molecule has 2 heteroatoms. The lowest BCUT2D eigenvalue weighted by atomic mass is 9.84. The highest BCUT2D eigenvalue weighted by Gasteiger charge is 2.17. The quantitative estimate of drug-likeness (QED) is 0.616. The van der Waals surface area contributed by atoms with E-state index in [2.05, 4.69) is 11.7 Å². The Labute approximate surface area is 68.9 Å². The summed E-state index contributed by atoms with van der Waals surface area (Å²) in [5, 5.41) is 0. The maximum atomic E-state index is 5.79. The summed E-state index contributed by atoms with van der Waals surface area (Å²) in [5.41, 5.74) is 5.79. The largest absolute Gasteiger partial charge is 0.328 e. The lowest BCUT2D eigenvalue weighted by Gasteiger charge is -2.25. The topological polar surface area (TPSA) is 38.4 Å². The molecule has 1 fully saturated rings. The van der Waals surface area contributed by atoms with Crippen LogP contribution in [-0.4, -0.2) is 19.3 Å². The molecule has 2 nitrogen and oxygen atoms in total. The molecule has 2 N–H and O–H groups in total. The van der Waals surface area contributed by atoms with Gasteiger partial charge < -0.3 is 10.7 Å². The van der Waals surface area contributed by atoms with Crippen LogP contribution in [0.1, 0.15) is 32.1 Å². The van der Waals surface area contributed by atoms with E-state index in [0.29, 0.717) is 6.04 Å². The highest BCUT2D eigenvalue weighted by Crippen LogP contribution is 2.25. The van der Waals surface area contributed by atoms with Crippen molar-refractivity contribution in [3.8, 4) is 0 Å². The number of hydrogen-bond donors (Lipinski definition) is 1. The zero-order valence-electron chi connectivity index (χ0n) is 7.13. The van der Waals surface area contributed by atoms with Crippen molar-refractivity contribution in [2.24, 2.45) is 16.6 Å². The zero-order chi connectivity index (χ0) is 8.10. The van der Waals surface area contributed by atoms with Crippen molar-refractivity contribution in [2.45, 2.75) is 38.1 Å². The van der Waals surface area contributed by atoms with Crippen molar-refractivity contribution in [1.29, 1.82) is 0 Å². The molecule has 0 unspecified atom stereocenters. The Morgan fingerprint density at radius 3 is 2.45 bits per heavy atom. The standard InChI is InChI=1S/C9H18N2/c1-11-7-6-8-2-4-9(10)5-3-8/h8-9H,1-7,10H2. The van der Waals surface area contributed by atoms with E-state index in [-0.39, 0.29) is 0 Å². The Hall–Kier alpha value is -0.370.